The zero-order chi connectivity index (χ0) is 15.4. The molecule has 22 heavy (non-hydrogen) atoms. The molecule has 2 fully saturated rings. The van der Waals surface area contributed by atoms with Crippen LogP contribution in [0.4, 0.5) is 10.1 Å². The molecule has 2 heterocycles. The minimum Gasteiger partial charge on any atom is -0.367 e. The number of hydrogen-bond donors (Lipinski definition) is 0. The van der Waals surface area contributed by atoms with E-state index >= 15 is 0 Å². The van der Waals surface area contributed by atoms with E-state index in [9.17, 15) is 9.18 Å². The highest BCUT2D eigenvalue weighted by Crippen LogP contribution is 2.20. The normalized spacial score (nSPS) is 19.7. The lowest BCUT2D eigenvalue weighted by atomic mass is 10.2. The van der Waals surface area contributed by atoms with Crippen molar-refractivity contribution in [1.82, 2.24) is 9.80 Å². The third kappa shape index (κ3) is 3.58. The fraction of sp³-hybridized carbons (Fsp3) is 0.588. The molecule has 1 amide bonds. The second-order valence-corrected chi connectivity index (χ2v) is 6.12. The highest BCUT2D eigenvalue weighted by Gasteiger charge is 2.22. The first-order chi connectivity index (χ1) is 10.7. The molecule has 0 atom stereocenters. The predicted molar refractivity (Wildman–Crippen MR) is 85.5 cm³/mol. The maximum atomic E-state index is 13.8. The minimum atomic E-state index is -0.153. The molecule has 120 valence electrons. The van der Waals surface area contributed by atoms with Gasteiger partial charge in [-0.2, -0.15) is 0 Å². The van der Waals surface area contributed by atoms with Gasteiger partial charge in [-0.25, -0.2) is 4.39 Å². The van der Waals surface area contributed by atoms with E-state index in [1.807, 2.05) is 17.0 Å². The summed E-state index contributed by atoms with van der Waals surface area (Å²) >= 11 is 0. The molecule has 0 bridgehead atoms. The number of benzene rings is 1. The number of likely N-dealkylation sites (tertiary alicyclic amines) is 1. The molecule has 1 aromatic rings. The van der Waals surface area contributed by atoms with Gasteiger partial charge in [-0.05, 0) is 25.0 Å². The van der Waals surface area contributed by atoms with E-state index in [1.165, 1.54) is 6.07 Å². The van der Waals surface area contributed by atoms with E-state index in [1.54, 1.807) is 6.07 Å². The summed E-state index contributed by atoms with van der Waals surface area (Å²) in [6.45, 7) is 6.10. The van der Waals surface area contributed by atoms with Gasteiger partial charge >= 0.3 is 0 Å². The minimum absolute atomic E-state index is 0.153. The standard InChI is InChI=1S/C17H24FN3O/c18-15-5-1-2-6-16(15)20-13-11-19(12-14-20)10-7-17(22)21-8-3-4-9-21/h1-2,5-6H,3-4,7-14H2. The topological polar surface area (TPSA) is 26.8 Å². The quantitative estimate of drug-likeness (QED) is 0.851. The number of amides is 1. The molecule has 5 heteroatoms. The lowest BCUT2D eigenvalue weighted by Gasteiger charge is -2.36. The zero-order valence-electron chi connectivity index (χ0n) is 13.0. The third-order valence-electron chi connectivity index (χ3n) is 4.67. The highest BCUT2D eigenvalue weighted by atomic mass is 19.1. The van der Waals surface area contributed by atoms with Crippen LogP contribution in [-0.4, -0.2) is 61.5 Å². The first kappa shape index (κ1) is 15.3. The van der Waals surface area contributed by atoms with Crippen molar-refractivity contribution in [2.75, 3.05) is 50.7 Å². The van der Waals surface area contributed by atoms with Crippen molar-refractivity contribution in [2.24, 2.45) is 0 Å². The summed E-state index contributed by atoms with van der Waals surface area (Å²) in [5.74, 6) is 0.134. The lowest BCUT2D eigenvalue weighted by molar-refractivity contribution is -0.130. The van der Waals surface area contributed by atoms with Gasteiger partial charge < -0.3 is 9.80 Å². The van der Waals surface area contributed by atoms with E-state index in [4.69, 9.17) is 0 Å². The molecular formula is C17H24FN3O. The second kappa shape index (κ2) is 7.09. The highest BCUT2D eigenvalue weighted by molar-refractivity contribution is 5.76. The average molecular weight is 305 g/mol. The average Bonchev–Trinajstić information content (AvgIpc) is 3.08. The van der Waals surface area contributed by atoms with Gasteiger partial charge in [-0.15, -0.1) is 0 Å². The van der Waals surface area contributed by atoms with E-state index in [0.29, 0.717) is 12.1 Å². The van der Waals surface area contributed by atoms with Crippen LogP contribution in [-0.2, 0) is 4.79 Å². The number of rotatable bonds is 4. The van der Waals surface area contributed by atoms with Gasteiger partial charge in [-0.3, -0.25) is 9.69 Å². The Bertz CT molecular complexity index is 508. The Morgan fingerprint density at radius 3 is 2.36 bits per heavy atom. The van der Waals surface area contributed by atoms with Gasteiger partial charge in [-0.1, -0.05) is 12.1 Å². The van der Waals surface area contributed by atoms with Crippen molar-refractivity contribution in [3.63, 3.8) is 0 Å². The molecule has 0 unspecified atom stereocenters. The summed E-state index contributed by atoms with van der Waals surface area (Å²) in [4.78, 5) is 18.4. The molecule has 3 rings (SSSR count). The molecule has 0 saturated carbocycles. The van der Waals surface area contributed by atoms with Crippen LogP contribution in [0.15, 0.2) is 24.3 Å². The molecule has 4 nitrogen and oxygen atoms in total. The number of nitrogens with zero attached hydrogens (tertiary/aromatic N) is 3. The van der Waals surface area contributed by atoms with Crippen molar-refractivity contribution in [2.45, 2.75) is 19.3 Å². The number of para-hydroxylation sites is 1. The summed E-state index contributed by atoms with van der Waals surface area (Å²) in [5.41, 5.74) is 0.690. The molecule has 0 aromatic heterocycles. The van der Waals surface area contributed by atoms with Crippen LogP contribution in [0.25, 0.3) is 0 Å². The second-order valence-electron chi connectivity index (χ2n) is 6.12. The number of hydrogen-bond acceptors (Lipinski definition) is 3. The summed E-state index contributed by atoms with van der Waals surface area (Å²) in [6, 6.07) is 6.94. The molecule has 2 aliphatic heterocycles. The van der Waals surface area contributed by atoms with E-state index in [-0.39, 0.29) is 11.7 Å². The Kier molecular flexibility index (Phi) is 4.93. The molecule has 0 N–H and O–H groups in total. The molecule has 0 spiro atoms. The number of anilines is 1. The molecule has 0 aliphatic carbocycles. The SMILES string of the molecule is O=C(CCN1CCN(c2ccccc2F)CC1)N1CCCC1. The van der Waals surface area contributed by atoms with E-state index in [2.05, 4.69) is 9.80 Å². The summed E-state index contributed by atoms with van der Waals surface area (Å²) < 4.78 is 13.8. The summed E-state index contributed by atoms with van der Waals surface area (Å²) in [6.07, 6.45) is 2.90. The first-order valence-electron chi connectivity index (χ1n) is 8.23. The monoisotopic (exact) mass is 305 g/mol. The molecule has 1 aromatic carbocycles. The summed E-state index contributed by atoms with van der Waals surface area (Å²) in [7, 11) is 0. The van der Waals surface area contributed by atoms with Crippen LogP contribution in [0.2, 0.25) is 0 Å². The smallest absolute Gasteiger partial charge is 0.223 e. The van der Waals surface area contributed by atoms with Crippen molar-refractivity contribution >= 4 is 11.6 Å². The number of halogens is 1. The van der Waals surface area contributed by atoms with Gasteiger partial charge in [0.05, 0.1) is 5.69 Å². The lowest BCUT2D eigenvalue weighted by Crippen LogP contribution is -2.47. The van der Waals surface area contributed by atoms with Crippen LogP contribution < -0.4 is 4.90 Å². The number of piperazine rings is 1. The molecule has 2 saturated heterocycles. The van der Waals surface area contributed by atoms with Gasteiger partial charge in [0, 0.05) is 52.2 Å². The summed E-state index contributed by atoms with van der Waals surface area (Å²) in [5, 5.41) is 0. The fourth-order valence-corrected chi connectivity index (χ4v) is 3.30. The van der Waals surface area contributed by atoms with Crippen LogP contribution >= 0.6 is 0 Å². The van der Waals surface area contributed by atoms with Crippen molar-refractivity contribution in [1.29, 1.82) is 0 Å². The van der Waals surface area contributed by atoms with Gasteiger partial charge in [0.2, 0.25) is 5.91 Å². The van der Waals surface area contributed by atoms with Crippen LogP contribution in [0, 0.1) is 5.82 Å². The van der Waals surface area contributed by atoms with Crippen molar-refractivity contribution in [3.8, 4) is 0 Å². The maximum absolute atomic E-state index is 13.8. The maximum Gasteiger partial charge on any atom is 0.223 e. The Morgan fingerprint density at radius 1 is 1.00 bits per heavy atom. The Balaban J connectivity index is 1.44. The van der Waals surface area contributed by atoms with E-state index < -0.39 is 0 Å². The number of carbonyl (C=O) groups excluding carboxylic acids is 1. The molecule has 2 aliphatic rings. The van der Waals surface area contributed by atoms with Gasteiger partial charge in [0.25, 0.3) is 0 Å². The van der Waals surface area contributed by atoms with Crippen LogP contribution in [0.5, 0.6) is 0 Å². The molecule has 0 radical (unpaired) electrons. The molecular weight excluding hydrogens is 281 g/mol. The van der Waals surface area contributed by atoms with Crippen molar-refractivity contribution < 1.29 is 9.18 Å². The Labute approximate surface area is 131 Å². The Hall–Kier alpha value is -1.62. The number of carbonyl (C=O) groups is 1. The predicted octanol–water partition coefficient (Wildman–Crippen LogP) is 1.96. The first-order valence-corrected chi connectivity index (χ1v) is 8.23. The largest absolute Gasteiger partial charge is 0.367 e. The Morgan fingerprint density at radius 2 is 1.68 bits per heavy atom. The van der Waals surface area contributed by atoms with Gasteiger partial charge in [0.15, 0.2) is 0 Å². The third-order valence-corrected chi connectivity index (χ3v) is 4.67. The fourth-order valence-electron chi connectivity index (χ4n) is 3.30. The van der Waals surface area contributed by atoms with Crippen molar-refractivity contribution in [3.05, 3.63) is 30.1 Å². The van der Waals surface area contributed by atoms with Gasteiger partial charge in [0.1, 0.15) is 5.82 Å². The van der Waals surface area contributed by atoms with Crippen LogP contribution in [0.1, 0.15) is 19.3 Å². The van der Waals surface area contributed by atoms with E-state index in [0.717, 1.165) is 58.7 Å². The zero-order valence-corrected chi connectivity index (χ0v) is 13.0. The van der Waals surface area contributed by atoms with Crippen LogP contribution in [0.3, 0.4) is 0 Å².